The summed E-state index contributed by atoms with van der Waals surface area (Å²) >= 11 is 4.88. The predicted octanol–water partition coefficient (Wildman–Crippen LogP) is 4.08. The predicted molar refractivity (Wildman–Crippen MR) is 121 cm³/mol. The Kier molecular flexibility index (Phi) is 4.64. The number of rotatable bonds is 4. The fourth-order valence-corrected chi connectivity index (χ4v) is 4.78. The Bertz CT molecular complexity index is 1400. The molecule has 0 radical (unpaired) electrons. The van der Waals surface area contributed by atoms with Gasteiger partial charge in [0.05, 0.1) is 44.6 Å². The van der Waals surface area contributed by atoms with E-state index in [-0.39, 0.29) is 5.91 Å². The summed E-state index contributed by atoms with van der Waals surface area (Å²) in [6.45, 7) is 0.520. The summed E-state index contributed by atoms with van der Waals surface area (Å²) < 4.78 is 3.20. The molecule has 0 unspecified atom stereocenters. The molecule has 0 saturated carbocycles. The highest BCUT2D eigenvalue weighted by atomic mass is 79.9. The van der Waals surface area contributed by atoms with Crippen molar-refractivity contribution in [3.63, 3.8) is 0 Å². The van der Waals surface area contributed by atoms with Gasteiger partial charge < -0.3 is 11.1 Å². The number of halogens is 1. The number of anilines is 2. The number of nitrogens with one attached hydrogen (secondary N) is 1. The van der Waals surface area contributed by atoms with Crippen LogP contribution >= 0.6 is 27.3 Å². The molecule has 5 rings (SSSR count). The average molecular weight is 480 g/mol. The Morgan fingerprint density at radius 2 is 2.07 bits per heavy atom. The van der Waals surface area contributed by atoms with Crippen LogP contribution in [0.25, 0.3) is 21.1 Å². The maximum atomic E-state index is 13.0. The van der Waals surface area contributed by atoms with Crippen LogP contribution in [0.1, 0.15) is 16.1 Å². The number of hydrogen-bond donors (Lipinski definition) is 2. The van der Waals surface area contributed by atoms with Crippen molar-refractivity contribution in [1.29, 1.82) is 0 Å². The third-order valence-corrected chi connectivity index (χ3v) is 6.19. The molecule has 10 heteroatoms. The molecule has 4 aromatic heterocycles. The van der Waals surface area contributed by atoms with E-state index in [9.17, 15) is 4.79 Å². The summed E-state index contributed by atoms with van der Waals surface area (Å²) in [7, 11) is 0. The number of carbonyl (C=O) groups is 1. The molecule has 0 spiro atoms. The van der Waals surface area contributed by atoms with Gasteiger partial charge in [0.25, 0.3) is 5.91 Å². The van der Waals surface area contributed by atoms with E-state index in [0.29, 0.717) is 38.4 Å². The topological polar surface area (TPSA) is 112 Å². The van der Waals surface area contributed by atoms with Crippen LogP contribution < -0.4 is 11.1 Å². The lowest BCUT2D eigenvalue weighted by Gasteiger charge is -2.07. The minimum atomic E-state index is -0.267. The zero-order chi connectivity index (χ0) is 20.7. The SMILES string of the molecule is Nc1ncnc2c(C(=O)Nc3cccc4c3c(Br)nn4Cc3ccccn3)csc12. The number of pyridine rings is 1. The van der Waals surface area contributed by atoms with Gasteiger partial charge in [0.1, 0.15) is 16.7 Å². The number of aromatic nitrogens is 5. The van der Waals surface area contributed by atoms with Gasteiger partial charge in [-0.25, -0.2) is 9.97 Å². The van der Waals surface area contributed by atoms with Crippen molar-refractivity contribution >= 4 is 65.8 Å². The highest BCUT2D eigenvalue weighted by Gasteiger charge is 2.19. The molecular formula is C20H14BrN7OS. The van der Waals surface area contributed by atoms with E-state index in [1.807, 2.05) is 41.1 Å². The fourth-order valence-electron chi connectivity index (χ4n) is 3.27. The first-order valence-electron chi connectivity index (χ1n) is 8.96. The Morgan fingerprint density at radius 1 is 1.17 bits per heavy atom. The monoisotopic (exact) mass is 479 g/mol. The van der Waals surface area contributed by atoms with Crippen LogP contribution in [0, 0.1) is 0 Å². The number of hydrogen-bond acceptors (Lipinski definition) is 7. The molecule has 8 nitrogen and oxygen atoms in total. The maximum Gasteiger partial charge on any atom is 0.258 e. The number of amides is 1. The Morgan fingerprint density at radius 3 is 2.90 bits per heavy atom. The molecule has 4 heterocycles. The van der Waals surface area contributed by atoms with Gasteiger partial charge in [0.2, 0.25) is 0 Å². The van der Waals surface area contributed by atoms with Gasteiger partial charge in [-0.05, 0) is 40.2 Å². The number of nitrogens with zero attached hydrogens (tertiary/aromatic N) is 5. The number of carbonyl (C=O) groups excluding carboxylic acids is 1. The molecule has 148 valence electrons. The van der Waals surface area contributed by atoms with E-state index < -0.39 is 0 Å². The molecule has 0 atom stereocenters. The standard InChI is InChI=1S/C20H14BrN7OS/c21-18-15-13(26-20(29)12-9-30-17-16(12)24-10-25-19(17)22)5-3-6-14(15)28(27-18)8-11-4-1-2-7-23-11/h1-7,9-10H,8H2,(H,26,29)(H2,22,24,25). The average Bonchev–Trinajstić information content (AvgIpc) is 3.32. The third-order valence-electron chi connectivity index (χ3n) is 4.65. The molecule has 0 aliphatic carbocycles. The van der Waals surface area contributed by atoms with Crippen molar-refractivity contribution in [3.05, 3.63) is 70.2 Å². The second kappa shape index (κ2) is 7.47. The summed E-state index contributed by atoms with van der Waals surface area (Å²) in [4.78, 5) is 25.6. The smallest absolute Gasteiger partial charge is 0.258 e. The molecular weight excluding hydrogens is 466 g/mol. The number of fused-ring (bicyclic) bond motifs is 2. The van der Waals surface area contributed by atoms with Crippen molar-refractivity contribution in [2.75, 3.05) is 11.1 Å². The van der Waals surface area contributed by atoms with Crippen LogP contribution in [0.5, 0.6) is 0 Å². The van der Waals surface area contributed by atoms with E-state index in [1.165, 1.54) is 17.7 Å². The normalized spacial score (nSPS) is 11.2. The first kappa shape index (κ1) is 18.6. The highest BCUT2D eigenvalue weighted by molar-refractivity contribution is 9.10. The van der Waals surface area contributed by atoms with Gasteiger partial charge in [-0.2, -0.15) is 5.10 Å². The molecule has 0 fully saturated rings. The van der Waals surface area contributed by atoms with Crippen LogP contribution in [0.4, 0.5) is 11.5 Å². The molecule has 0 aliphatic rings. The van der Waals surface area contributed by atoms with E-state index in [0.717, 1.165) is 16.6 Å². The number of nitrogens with two attached hydrogens (primary N) is 1. The van der Waals surface area contributed by atoms with Crippen molar-refractivity contribution in [2.45, 2.75) is 6.54 Å². The summed E-state index contributed by atoms with van der Waals surface area (Å²) in [5.74, 6) is 0.0981. The molecule has 3 N–H and O–H groups in total. The molecule has 0 saturated heterocycles. The Hall–Kier alpha value is -3.37. The van der Waals surface area contributed by atoms with Crippen LogP contribution in [-0.4, -0.2) is 30.6 Å². The summed E-state index contributed by atoms with van der Waals surface area (Å²) in [5, 5.41) is 10.1. The Labute approximate surface area is 182 Å². The minimum absolute atomic E-state index is 0.267. The first-order chi connectivity index (χ1) is 14.6. The number of nitrogen functional groups attached to an aromatic ring is 1. The van der Waals surface area contributed by atoms with Gasteiger partial charge in [-0.15, -0.1) is 11.3 Å². The minimum Gasteiger partial charge on any atom is -0.382 e. The molecule has 1 amide bonds. The number of thiophene rings is 1. The maximum absolute atomic E-state index is 13.0. The highest BCUT2D eigenvalue weighted by Crippen LogP contribution is 2.32. The molecule has 1 aromatic carbocycles. The Balaban J connectivity index is 1.51. The van der Waals surface area contributed by atoms with E-state index in [1.54, 1.807) is 11.6 Å². The van der Waals surface area contributed by atoms with Crippen LogP contribution in [-0.2, 0) is 6.54 Å². The van der Waals surface area contributed by atoms with E-state index in [4.69, 9.17) is 5.73 Å². The van der Waals surface area contributed by atoms with Crippen molar-refractivity contribution in [3.8, 4) is 0 Å². The number of benzene rings is 1. The summed E-state index contributed by atoms with van der Waals surface area (Å²) in [5.41, 5.74) is 9.31. The lowest BCUT2D eigenvalue weighted by Crippen LogP contribution is -2.12. The first-order valence-corrected chi connectivity index (χ1v) is 10.6. The van der Waals surface area contributed by atoms with Crippen LogP contribution in [0.3, 0.4) is 0 Å². The molecule has 30 heavy (non-hydrogen) atoms. The van der Waals surface area contributed by atoms with Crippen LogP contribution in [0.15, 0.2) is 58.9 Å². The summed E-state index contributed by atoms with van der Waals surface area (Å²) in [6, 6.07) is 11.4. The second-order valence-electron chi connectivity index (χ2n) is 6.51. The van der Waals surface area contributed by atoms with Crippen LogP contribution in [0.2, 0.25) is 0 Å². The van der Waals surface area contributed by atoms with Crippen molar-refractivity contribution in [2.24, 2.45) is 0 Å². The molecule has 0 bridgehead atoms. The zero-order valence-electron chi connectivity index (χ0n) is 15.4. The van der Waals surface area contributed by atoms with Crippen molar-refractivity contribution < 1.29 is 4.79 Å². The van der Waals surface area contributed by atoms with Gasteiger partial charge in [-0.1, -0.05) is 12.1 Å². The molecule has 5 aromatic rings. The zero-order valence-corrected chi connectivity index (χ0v) is 17.8. The largest absolute Gasteiger partial charge is 0.382 e. The lowest BCUT2D eigenvalue weighted by atomic mass is 10.2. The third kappa shape index (κ3) is 3.19. The molecule has 0 aliphatic heterocycles. The van der Waals surface area contributed by atoms with Gasteiger partial charge in [0, 0.05) is 11.6 Å². The fraction of sp³-hybridized carbons (Fsp3) is 0.0500. The lowest BCUT2D eigenvalue weighted by molar-refractivity contribution is 0.102. The quantitative estimate of drug-likeness (QED) is 0.401. The second-order valence-corrected chi connectivity index (χ2v) is 8.14. The summed E-state index contributed by atoms with van der Waals surface area (Å²) in [6.07, 6.45) is 3.11. The van der Waals surface area contributed by atoms with Gasteiger partial charge in [0.15, 0.2) is 0 Å². The van der Waals surface area contributed by atoms with Gasteiger partial charge >= 0.3 is 0 Å². The van der Waals surface area contributed by atoms with E-state index >= 15 is 0 Å². The van der Waals surface area contributed by atoms with Gasteiger partial charge in [-0.3, -0.25) is 14.5 Å². The van der Waals surface area contributed by atoms with E-state index in [2.05, 4.69) is 41.3 Å². The van der Waals surface area contributed by atoms with Crippen molar-refractivity contribution in [1.82, 2.24) is 24.7 Å².